The number of benzene rings is 7. The zero-order valence-corrected chi connectivity index (χ0v) is 31.2. The van der Waals surface area contributed by atoms with Crippen LogP contribution in [-0.4, -0.2) is 4.98 Å². The van der Waals surface area contributed by atoms with Crippen molar-refractivity contribution in [2.24, 2.45) is 0 Å². The fourth-order valence-corrected chi connectivity index (χ4v) is 6.77. The zero-order chi connectivity index (χ0) is 37.0. The van der Waals surface area contributed by atoms with Crippen LogP contribution < -0.4 is 9.80 Å². The van der Waals surface area contributed by atoms with Crippen LogP contribution in [0.5, 0.6) is 0 Å². The summed E-state index contributed by atoms with van der Waals surface area (Å²) in [4.78, 5) is 9.67. The maximum atomic E-state index is 5.14. The van der Waals surface area contributed by atoms with Crippen molar-refractivity contribution >= 4 is 57.3 Å². The van der Waals surface area contributed by atoms with Crippen LogP contribution in [0.15, 0.2) is 176 Å². The summed E-state index contributed by atoms with van der Waals surface area (Å²) in [5.41, 5.74) is 16.2. The van der Waals surface area contributed by atoms with E-state index in [4.69, 9.17) is 4.98 Å². The number of aromatic nitrogens is 1. The van der Waals surface area contributed by atoms with Crippen molar-refractivity contribution in [2.75, 3.05) is 9.80 Å². The van der Waals surface area contributed by atoms with Gasteiger partial charge in [-0.25, -0.2) is 4.98 Å². The first-order chi connectivity index (χ1) is 26.4. The monoisotopic (exact) mass is 697 g/mol. The van der Waals surface area contributed by atoms with E-state index in [0.29, 0.717) is 0 Å². The summed E-state index contributed by atoms with van der Waals surface area (Å²) in [5.74, 6) is 0.892. The molecule has 1 heterocycles. The molecule has 0 aliphatic carbocycles. The van der Waals surface area contributed by atoms with Gasteiger partial charge in [-0.3, -0.25) is 4.90 Å². The van der Waals surface area contributed by atoms with Gasteiger partial charge >= 0.3 is 0 Å². The molecule has 0 unspecified atom stereocenters. The molecule has 0 spiro atoms. The van der Waals surface area contributed by atoms with E-state index in [1.807, 2.05) is 0 Å². The summed E-state index contributed by atoms with van der Waals surface area (Å²) in [6.45, 7) is 8.48. The van der Waals surface area contributed by atoms with Gasteiger partial charge in [-0.1, -0.05) is 125 Å². The molecule has 0 aliphatic rings. The Kier molecular flexibility index (Phi) is 9.62. The summed E-state index contributed by atoms with van der Waals surface area (Å²) in [5, 5.41) is 1.11. The van der Waals surface area contributed by atoms with Crippen molar-refractivity contribution in [3.63, 3.8) is 0 Å². The van der Waals surface area contributed by atoms with Crippen LogP contribution in [0.4, 0.5) is 34.3 Å². The topological polar surface area (TPSA) is 19.4 Å². The Morgan fingerprint density at radius 1 is 0.352 bits per heavy atom. The smallest absolute Gasteiger partial charge is 0.138 e. The Morgan fingerprint density at radius 2 is 0.722 bits per heavy atom. The number of fused-ring (bicyclic) bond motifs is 1. The molecule has 0 N–H and O–H groups in total. The Labute approximate surface area is 319 Å². The number of hydrogen-bond donors (Lipinski definition) is 0. The average Bonchev–Trinajstić information content (AvgIpc) is 3.20. The van der Waals surface area contributed by atoms with Crippen molar-refractivity contribution in [2.45, 2.75) is 27.7 Å². The van der Waals surface area contributed by atoms with Crippen LogP contribution in [0.1, 0.15) is 33.4 Å². The summed E-state index contributed by atoms with van der Waals surface area (Å²) >= 11 is 0. The van der Waals surface area contributed by atoms with Crippen molar-refractivity contribution in [3.8, 4) is 11.1 Å². The SMILES string of the molecule is Cc1ccc(N(c2ccc(C)cc2)c2ccc(/C=C/c3ccc(-c4ccc5nc(N(c6ccc(C)cc6)c6ccc(C)cc6)ccc5c4)cc3)cc2)cc1. The van der Waals surface area contributed by atoms with Crippen molar-refractivity contribution < 1.29 is 0 Å². The van der Waals surface area contributed by atoms with Gasteiger partial charge in [0.05, 0.1) is 5.52 Å². The van der Waals surface area contributed by atoms with Gasteiger partial charge in [0.1, 0.15) is 5.82 Å². The lowest BCUT2D eigenvalue weighted by molar-refractivity contribution is 1.20. The molecule has 0 saturated carbocycles. The minimum Gasteiger partial charge on any atom is -0.311 e. The van der Waals surface area contributed by atoms with E-state index in [-0.39, 0.29) is 0 Å². The number of pyridine rings is 1. The molecule has 0 bridgehead atoms. The van der Waals surface area contributed by atoms with Crippen LogP contribution in [-0.2, 0) is 0 Å². The first-order valence-corrected chi connectivity index (χ1v) is 18.5. The number of rotatable bonds is 9. The van der Waals surface area contributed by atoms with Gasteiger partial charge in [-0.15, -0.1) is 0 Å². The van der Waals surface area contributed by atoms with Crippen molar-refractivity contribution in [1.29, 1.82) is 0 Å². The maximum Gasteiger partial charge on any atom is 0.138 e. The lowest BCUT2D eigenvalue weighted by atomic mass is 10.0. The summed E-state index contributed by atoms with van der Waals surface area (Å²) < 4.78 is 0. The van der Waals surface area contributed by atoms with Crippen LogP contribution in [0.2, 0.25) is 0 Å². The average molecular weight is 698 g/mol. The van der Waals surface area contributed by atoms with Crippen molar-refractivity contribution in [1.82, 2.24) is 4.98 Å². The van der Waals surface area contributed by atoms with Crippen LogP contribution in [0.3, 0.4) is 0 Å². The number of nitrogens with zero attached hydrogens (tertiary/aromatic N) is 3. The molecule has 8 aromatic rings. The predicted molar refractivity (Wildman–Crippen MR) is 231 cm³/mol. The molecule has 0 amide bonds. The van der Waals surface area contributed by atoms with Crippen LogP contribution in [0.25, 0.3) is 34.2 Å². The fraction of sp³-hybridized carbons (Fsp3) is 0.0784. The third-order valence-corrected chi connectivity index (χ3v) is 9.94. The van der Waals surface area contributed by atoms with Gasteiger partial charge in [0.2, 0.25) is 0 Å². The predicted octanol–water partition coefficient (Wildman–Crippen LogP) is 14.2. The molecule has 0 radical (unpaired) electrons. The van der Waals surface area contributed by atoms with Gasteiger partial charge in [0.15, 0.2) is 0 Å². The van der Waals surface area contributed by atoms with Gasteiger partial charge in [0.25, 0.3) is 0 Å². The van der Waals surface area contributed by atoms with E-state index in [1.165, 1.54) is 33.4 Å². The van der Waals surface area contributed by atoms with E-state index >= 15 is 0 Å². The highest BCUT2D eigenvalue weighted by atomic mass is 15.2. The highest BCUT2D eigenvalue weighted by Gasteiger charge is 2.15. The highest BCUT2D eigenvalue weighted by molar-refractivity contribution is 5.88. The summed E-state index contributed by atoms with van der Waals surface area (Å²) in [7, 11) is 0. The fourth-order valence-electron chi connectivity index (χ4n) is 6.77. The van der Waals surface area contributed by atoms with E-state index in [2.05, 4.69) is 226 Å². The van der Waals surface area contributed by atoms with Gasteiger partial charge in [-0.2, -0.15) is 0 Å². The Morgan fingerprint density at radius 3 is 1.17 bits per heavy atom. The lowest BCUT2D eigenvalue weighted by Crippen LogP contribution is -2.11. The molecule has 3 heteroatoms. The van der Waals surface area contributed by atoms with Crippen LogP contribution in [0, 0.1) is 27.7 Å². The largest absolute Gasteiger partial charge is 0.311 e. The zero-order valence-electron chi connectivity index (χ0n) is 31.2. The van der Waals surface area contributed by atoms with Gasteiger partial charge in [0, 0.05) is 33.8 Å². The van der Waals surface area contributed by atoms with Gasteiger partial charge < -0.3 is 4.90 Å². The molecular formula is C51H43N3. The normalized spacial score (nSPS) is 11.3. The molecule has 0 saturated heterocycles. The number of aryl methyl sites for hydroxylation is 4. The minimum atomic E-state index is 0.892. The molecule has 8 rings (SSSR count). The molecule has 1 aromatic heterocycles. The molecule has 0 fully saturated rings. The molecule has 0 aliphatic heterocycles. The van der Waals surface area contributed by atoms with E-state index in [9.17, 15) is 0 Å². The number of hydrogen-bond acceptors (Lipinski definition) is 3. The second-order valence-electron chi connectivity index (χ2n) is 14.1. The standard InChI is InChI=1S/C51H43N3/c1-36-5-23-45(24-6-36)53(46-25-7-37(2)8-26-46)47-31-17-41(18-32-47)14-13-40-15-19-42(20-16-40)43-21-33-50-44(35-43)22-34-51(52-50)54(48-27-9-38(3)10-28-48)49-29-11-39(4)12-30-49/h5-35H,1-4H3/b14-13+. The minimum absolute atomic E-state index is 0.892. The van der Waals surface area contributed by atoms with E-state index in [0.717, 1.165) is 56.3 Å². The Hall–Kier alpha value is -6.71. The lowest BCUT2D eigenvalue weighted by Gasteiger charge is -2.25. The second-order valence-corrected chi connectivity index (χ2v) is 14.1. The quantitative estimate of drug-likeness (QED) is 0.140. The molecule has 3 nitrogen and oxygen atoms in total. The molecule has 7 aromatic carbocycles. The third-order valence-electron chi connectivity index (χ3n) is 9.94. The van der Waals surface area contributed by atoms with Crippen molar-refractivity contribution in [3.05, 3.63) is 209 Å². The second kappa shape index (κ2) is 15.1. The highest BCUT2D eigenvalue weighted by Crippen LogP contribution is 2.37. The summed E-state index contributed by atoms with van der Waals surface area (Å²) in [6, 6.07) is 63.0. The molecule has 262 valence electrons. The number of anilines is 6. The molecular weight excluding hydrogens is 655 g/mol. The van der Waals surface area contributed by atoms with E-state index in [1.54, 1.807) is 0 Å². The third kappa shape index (κ3) is 7.58. The first kappa shape index (κ1) is 34.4. The van der Waals surface area contributed by atoms with E-state index < -0.39 is 0 Å². The Balaban J connectivity index is 0.996. The first-order valence-electron chi connectivity index (χ1n) is 18.5. The molecule has 54 heavy (non-hydrogen) atoms. The summed E-state index contributed by atoms with van der Waals surface area (Å²) in [6.07, 6.45) is 4.35. The van der Waals surface area contributed by atoms with Crippen LogP contribution >= 0.6 is 0 Å². The molecule has 0 atom stereocenters. The Bertz CT molecular complexity index is 2440. The van der Waals surface area contributed by atoms with Gasteiger partial charge in [-0.05, 0) is 135 Å². The maximum absolute atomic E-state index is 5.14.